The zero-order valence-electron chi connectivity index (χ0n) is 14.9. The van der Waals surface area contributed by atoms with E-state index in [1.807, 2.05) is 7.05 Å². The van der Waals surface area contributed by atoms with E-state index in [-0.39, 0.29) is 12.0 Å². The van der Waals surface area contributed by atoms with Crippen molar-refractivity contribution in [2.75, 3.05) is 40.0 Å². The molecular formula is C18H35N3O2. The molecule has 5 heteroatoms. The average Bonchev–Trinajstić information content (AvgIpc) is 3.00. The van der Waals surface area contributed by atoms with Crippen LogP contribution in [0, 0.1) is 17.3 Å². The van der Waals surface area contributed by atoms with Gasteiger partial charge >= 0.3 is 0 Å². The third-order valence-corrected chi connectivity index (χ3v) is 5.57. The minimum Gasteiger partial charge on any atom is -0.396 e. The van der Waals surface area contributed by atoms with Gasteiger partial charge in [0, 0.05) is 38.8 Å². The standard InChI is InChI=1S/C18H35N3O2/c1-15-4-3-5-16(12-15)6-9-20-17(19-2)21-13-18(7-10-22)8-11-23-14-18/h15-16,22H,3-14H2,1-2H3,(H2,19,20,21). The van der Waals surface area contributed by atoms with Crippen LogP contribution in [-0.2, 0) is 4.74 Å². The maximum absolute atomic E-state index is 9.29. The van der Waals surface area contributed by atoms with Crippen molar-refractivity contribution in [1.29, 1.82) is 0 Å². The van der Waals surface area contributed by atoms with Gasteiger partial charge in [0.2, 0.25) is 0 Å². The fourth-order valence-electron chi connectivity index (χ4n) is 4.02. The van der Waals surface area contributed by atoms with Gasteiger partial charge in [-0.3, -0.25) is 4.99 Å². The molecule has 3 N–H and O–H groups in total. The maximum Gasteiger partial charge on any atom is 0.190 e. The third kappa shape index (κ3) is 5.96. The lowest BCUT2D eigenvalue weighted by Crippen LogP contribution is -2.45. The molecule has 0 amide bonds. The monoisotopic (exact) mass is 325 g/mol. The van der Waals surface area contributed by atoms with Crippen molar-refractivity contribution < 1.29 is 9.84 Å². The van der Waals surface area contributed by atoms with Crippen LogP contribution in [0.3, 0.4) is 0 Å². The number of guanidine groups is 1. The van der Waals surface area contributed by atoms with E-state index in [4.69, 9.17) is 4.74 Å². The molecule has 0 radical (unpaired) electrons. The molecule has 1 aliphatic heterocycles. The van der Waals surface area contributed by atoms with E-state index in [0.717, 1.165) is 56.9 Å². The lowest BCUT2D eigenvalue weighted by Gasteiger charge is -2.28. The summed E-state index contributed by atoms with van der Waals surface area (Å²) < 4.78 is 5.54. The molecule has 0 spiro atoms. The maximum atomic E-state index is 9.29. The Balaban J connectivity index is 1.68. The van der Waals surface area contributed by atoms with Crippen LogP contribution in [-0.4, -0.2) is 51.0 Å². The summed E-state index contributed by atoms with van der Waals surface area (Å²) in [4.78, 5) is 4.33. The molecule has 0 aromatic rings. The number of nitrogens with zero attached hydrogens (tertiary/aromatic N) is 1. The summed E-state index contributed by atoms with van der Waals surface area (Å²) in [6.07, 6.45) is 8.59. The molecule has 2 fully saturated rings. The molecule has 1 heterocycles. The first-order valence-corrected chi connectivity index (χ1v) is 9.30. The van der Waals surface area contributed by atoms with Crippen LogP contribution >= 0.6 is 0 Å². The van der Waals surface area contributed by atoms with Crippen LogP contribution < -0.4 is 10.6 Å². The summed E-state index contributed by atoms with van der Waals surface area (Å²) in [6.45, 7) is 5.93. The second kappa shape index (κ2) is 9.48. The van der Waals surface area contributed by atoms with Gasteiger partial charge in [0.15, 0.2) is 5.96 Å². The molecule has 2 rings (SSSR count). The van der Waals surface area contributed by atoms with Gasteiger partial charge in [-0.15, -0.1) is 0 Å². The van der Waals surface area contributed by atoms with E-state index in [2.05, 4.69) is 22.5 Å². The normalized spacial score (nSPS) is 32.0. The highest BCUT2D eigenvalue weighted by atomic mass is 16.5. The molecule has 5 nitrogen and oxygen atoms in total. The number of hydrogen-bond donors (Lipinski definition) is 3. The zero-order chi connectivity index (χ0) is 16.5. The number of ether oxygens (including phenoxy) is 1. The molecular weight excluding hydrogens is 290 g/mol. The largest absolute Gasteiger partial charge is 0.396 e. The molecule has 0 aromatic carbocycles. The lowest BCUT2D eigenvalue weighted by atomic mass is 9.81. The van der Waals surface area contributed by atoms with Gasteiger partial charge in [-0.25, -0.2) is 0 Å². The van der Waals surface area contributed by atoms with Crippen molar-refractivity contribution in [2.45, 2.75) is 51.9 Å². The SMILES string of the molecule is CN=C(NCCC1CCCC(C)C1)NCC1(CCO)CCOC1. The number of aliphatic hydroxyl groups excluding tert-OH is 1. The quantitative estimate of drug-likeness (QED) is 0.496. The van der Waals surface area contributed by atoms with E-state index in [1.165, 1.54) is 32.1 Å². The van der Waals surface area contributed by atoms with Gasteiger partial charge in [0.1, 0.15) is 0 Å². The Labute approximate surface area is 141 Å². The van der Waals surface area contributed by atoms with Crippen LogP contribution in [0.5, 0.6) is 0 Å². The number of nitrogens with one attached hydrogen (secondary N) is 2. The van der Waals surface area contributed by atoms with Crippen molar-refractivity contribution in [1.82, 2.24) is 10.6 Å². The number of aliphatic hydroxyl groups is 1. The van der Waals surface area contributed by atoms with Gasteiger partial charge < -0.3 is 20.5 Å². The average molecular weight is 325 g/mol. The molecule has 3 unspecified atom stereocenters. The van der Waals surface area contributed by atoms with Crippen molar-refractivity contribution >= 4 is 5.96 Å². The Morgan fingerprint density at radius 1 is 1.35 bits per heavy atom. The zero-order valence-corrected chi connectivity index (χ0v) is 14.9. The predicted octanol–water partition coefficient (Wildman–Crippen LogP) is 2.16. The highest BCUT2D eigenvalue weighted by Gasteiger charge is 2.34. The Morgan fingerprint density at radius 2 is 2.22 bits per heavy atom. The van der Waals surface area contributed by atoms with E-state index in [9.17, 15) is 5.11 Å². The molecule has 3 atom stereocenters. The Bertz CT molecular complexity index is 367. The molecule has 23 heavy (non-hydrogen) atoms. The van der Waals surface area contributed by atoms with Gasteiger partial charge in [0.25, 0.3) is 0 Å². The highest BCUT2D eigenvalue weighted by molar-refractivity contribution is 5.79. The second-order valence-electron chi connectivity index (χ2n) is 7.56. The second-order valence-corrected chi connectivity index (χ2v) is 7.56. The van der Waals surface area contributed by atoms with Crippen LogP contribution in [0.1, 0.15) is 51.9 Å². The molecule has 1 saturated heterocycles. The van der Waals surface area contributed by atoms with E-state index >= 15 is 0 Å². The lowest BCUT2D eigenvalue weighted by molar-refractivity contribution is 0.127. The van der Waals surface area contributed by atoms with E-state index in [1.54, 1.807) is 0 Å². The number of aliphatic imine (C=N–C) groups is 1. The van der Waals surface area contributed by atoms with Crippen LogP contribution in [0.4, 0.5) is 0 Å². The third-order valence-electron chi connectivity index (χ3n) is 5.57. The fourth-order valence-corrected chi connectivity index (χ4v) is 4.02. The minimum atomic E-state index is 0.0607. The smallest absolute Gasteiger partial charge is 0.190 e. The topological polar surface area (TPSA) is 65.9 Å². The van der Waals surface area contributed by atoms with Crippen molar-refractivity contribution in [3.05, 3.63) is 0 Å². The minimum absolute atomic E-state index is 0.0607. The first-order valence-electron chi connectivity index (χ1n) is 9.30. The van der Waals surface area contributed by atoms with Crippen molar-refractivity contribution in [3.8, 4) is 0 Å². The van der Waals surface area contributed by atoms with E-state index < -0.39 is 0 Å². The molecule has 0 aromatic heterocycles. The molecule has 2 aliphatic rings. The predicted molar refractivity (Wildman–Crippen MR) is 94.7 cm³/mol. The summed E-state index contributed by atoms with van der Waals surface area (Å²) in [6, 6.07) is 0. The van der Waals surface area contributed by atoms with Crippen LogP contribution in [0.2, 0.25) is 0 Å². The molecule has 1 aliphatic carbocycles. The summed E-state index contributed by atoms with van der Waals surface area (Å²) in [7, 11) is 1.82. The van der Waals surface area contributed by atoms with Crippen LogP contribution in [0.15, 0.2) is 4.99 Å². The van der Waals surface area contributed by atoms with Gasteiger partial charge in [-0.2, -0.15) is 0 Å². The van der Waals surface area contributed by atoms with Crippen LogP contribution in [0.25, 0.3) is 0 Å². The highest BCUT2D eigenvalue weighted by Crippen LogP contribution is 2.31. The summed E-state index contributed by atoms with van der Waals surface area (Å²) in [5, 5.41) is 16.2. The summed E-state index contributed by atoms with van der Waals surface area (Å²) in [5.74, 6) is 2.64. The molecule has 0 bridgehead atoms. The summed E-state index contributed by atoms with van der Waals surface area (Å²) in [5.41, 5.74) is 0.0607. The Kier molecular flexibility index (Phi) is 7.63. The Hall–Kier alpha value is -0.810. The van der Waals surface area contributed by atoms with Crippen molar-refractivity contribution in [2.24, 2.45) is 22.2 Å². The van der Waals surface area contributed by atoms with E-state index in [0.29, 0.717) is 0 Å². The van der Waals surface area contributed by atoms with Gasteiger partial charge in [-0.05, 0) is 37.5 Å². The number of rotatable bonds is 7. The van der Waals surface area contributed by atoms with Gasteiger partial charge in [0.05, 0.1) is 6.61 Å². The summed E-state index contributed by atoms with van der Waals surface area (Å²) >= 11 is 0. The van der Waals surface area contributed by atoms with Gasteiger partial charge in [-0.1, -0.05) is 26.2 Å². The fraction of sp³-hybridized carbons (Fsp3) is 0.944. The molecule has 1 saturated carbocycles. The van der Waals surface area contributed by atoms with Crippen molar-refractivity contribution in [3.63, 3.8) is 0 Å². The first kappa shape index (κ1) is 18.5. The Morgan fingerprint density at radius 3 is 2.87 bits per heavy atom. The number of hydrogen-bond acceptors (Lipinski definition) is 3. The first-order chi connectivity index (χ1) is 11.2. The molecule has 134 valence electrons.